The van der Waals surface area contributed by atoms with E-state index in [-0.39, 0.29) is 9.92 Å². The molecular formula is C14H17N3O3S. The molecule has 0 unspecified atom stereocenters. The number of nitro groups is 1. The summed E-state index contributed by atoms with van der Waals surface area (Å²) in [5.74, 6) is 0. The summed E-state index contributed by atoms with van der Waals surface area (Å²) in [5, 5.41) is 15.6. The quantitative estimate of drug-likeness (QED) is 0.679. The first kappa shape index (κ1) is 14.2. The lowest BCUT2D eigenvalue weighted by Crippen LogP contribution is -2.39. The number of benzene rings is 1. The second-order valence-electron chi connectivity index (χ2n) is 4.92. The fraction of sp³-hybridized carbons (Fsp3) is 0.429. The van der Waals surface area contributed by atoms with Gasteiger partial charge in [0.2, 0.25) is 0 Å². The predicted octanol–water partition coefficient (Wildman–Crippen LogP) is 2.55. The van der Waals surface area contributed by atoms with Crippen molar-refractivity contribution in [3.63, 3.8) is 0 Å². The van der Waals surface area contributed by atoms with E-state index >= 15 is 0 Å². The number of fused-ring (bicyclic) bond motifs is 1. The summed E-state index contributed by atoms with van der Waals surface area (Å²) in [6.45, 7) is 4.94. The normalized spacial score (nSPS) is 16.2. The van der Waals surface area contributed by atoms with Gasteiger partial charge in [-0.2, -0.15) is 0 Å². The van der Waals surface area contributed by atoms with E-state index in [9.17, 15) is 10.1 Å². The highest BCUT2D eigenvalue weighted by molar-refractivity contribution is 7.23. The molecule has 0 atom stereocenters. The molecule has 1 N–H and O–H groups in total. The minimum absolute atomic E-state index is 0.193. The molecule has 2 aromatic rings. The molecule has 3 rings (SSSR count). The minimum atomic E-state index is -0.304. The lowest BCUT2D eigenvalue weighted by molar-refractivity contribution is -0.379. The fourth-order valence-corrected chi connectivity index (χ4v) is 3.49. The Morgan fingerprint density at radius 1 is 1.33 bits per heavy atom. The zero-order valence-electron chi connectivity index (χ0n) is 11.6. The SMILES string of the molecule is O=[N+]([O-])c1sc2ccccc2c1NCCN1CCOCC1. The summed E-state index contributed by atoms with van der Waals surface area (Å²) in [4.78, 5) is 13.2. The van der Waals surface area contributed by atoms with Crippen LogP contribution in [0.2, 0.25) is 0 Å². The van der Waals surface area contributed by atoms with E-state index in [0.717, 1.165) is 42.9 Å². The molecule has 2 heterocycles. The smallest absolute Gasteiger partial charge is 0.348 e. The maximum Gasteiger partial charge on any atom is 0.348 e. The monoisotopic (exact) mass is 307 g/mol. The van der Waals surface area contributed by atoms with Gasteiger partial charge in [-0.05, 0) is 6.07 Å². The summed E-state index contributed by atoms with van der Waals surface area (Å²) in [7, 11) is 0. The second kappa shape index (κ2) is 6.38. The zero-order chi connectivity index (χ0) is 14.7. The van der Waals surface area contributed by atoms with Crippen LogP contribution in [0.3, 0.4) is 0 Å². The van der Waals surface area contributed by atoms with Gasteiger partial charge in [0.1, 0.15) is 5.69 Å². The number of nitrogens with one attached hydrogen (secondary N) is 1. The van der Waals surface area contributed by atoms with Crippen molar-refractivity contribution in [2.75, 3.05) is 44.7 Å². The Morgan fingerprint density at radius 2 is 2.10 bits per heavy atom. The van der Waals surface area contributed by atoms with E-state index in [1.165, 1.54) is 11.3 Å². The van der Waals surface area contributed by atoms with Crippen LogP contribution < -0.4 is 5.32 Å². The number of anilines is 1. The Bertz CT molecular complexity index is 637. The Hall–Kier alpha value is -1.70. The molecule has 0 amide bonds. The molecule has 21 heavy (non-hydrogen) atoms. The van der Waals surface area contributed by atoms with E-state index in [1.807, 2.05) is 24.3 Å². The number of hydrogen-bond donors (Lipinski definition) is 1. The Morgan fingerprint density at radius 3 is 2.86 bits per heavy atom. The molecule has 1 aromatic heterocycles. The van der Waals surface area contributed by atoms with Crippen LogP contribution >= 0.6 is 11.3 Å². The lowest BCUT2D eigenvalue weighted by Gasteiger charge is -2.26. The fourth-order valence-electron chi connectivity index (χ4n) is 2.50. The van der Waals surface area contributed by atoms with Crippen molar-refractivity contribution < 1.29 is 9.66 Å². The maximum atomic E-state index is 11.2. The summed E-state index contributed by atoms with van der Waals surface area (Å²) in [6.07, 6.45) is 0. The third-order valence-corrected chi connectivity index (χ3v) is 4.70. The van der Waals surface area contributed by atoms with Gasteiger partial charge in [-0.25, -0.2) is 0 Å². The highest BCUT2D eigenvalue weighted by Gasteiger charge is 2.21. The van der Waals surface area contributed by atoms with Crippen molar-refractivity contribution in [2.24, 2.45) is 0 Å². The van der Waals surface area contributed by atoms with E-state index in [2.05, 4.69) is 10.2 Å². The van der Waals surface area contributed by atoms with Crippen molar-refractivity contribution in [3.05, 3.63) is 34.4 Å². The average molecular weight is 307 g/mol. The molecule has 112 valence electrons. The molecule has 1 aliphatic heterocycles. The molecule has 1 aromatic carbocycles. The molecule has 7 heteroatoms. The van der Waals surface area contributed by atoms with Crippen molar-refractivity contribution in [1.29, 1.82) is 0 Å². The van der Waals surface area contributed by atoms with Crippen molar-refractivity contribution in [2.45, 2.75) is 0 Å². The van der Waals surface area contributed by atoms with Crippen LogP contribution in [0.4, 0.5) is 10.7 Å². The zero-order valence-corrected chi connectivity index (χ0v) is 12.4. The largest absolute Gasteiger partial charge is 0.379 e. The van der Waals surface area contributed by atoms with Crippen molar-refractivity contribution in [3.8, 4) is 0 Å². The standard InChI is InChI=1S/C14H17N3O3S/c18-17(19)14-13(11-3-1-2-4-12(11)21-14)15-5-6-16-7-9-20-10-8-16/h1-4,15H,5-10H2. The molecule has 6 nitrogen and oxygen atoms in total. The first-order chi connectivity index (χ1) is 10.3. The third kappa shape index (κ3) is 3.15. The van der Waals surface area contributed by atoms with Crippen molar-refractivity contribution in [1.82, 2.24) is 4.90 Å². The van der Waals surface area contributed by atoms with E-state index in [1.54, 1.807) is 0 Å². The number of nitrogens with zero attached hydrogens (tertiary/aromatic N) is 2. The first-order valence-electron chi connectivity index (χ1n) is 6.95. The molecular weight excluding hydrogens is 290 g/mol. The number of thiophene rings is 1. The first-order valence-corrected chi connectivity index (χ1v) is 7.77. The number of ether oxygens (including phenoxy) is 1. The van der Waals surface area contributed by atoms with Gasteiger partial charge in [0, 0.05) is 36.3 Å². The van der Waals surface area contributed by atoms with Crippen LogP contribution in [-0.2, 0) is 4.74 Å². The second-order valence-corrected chi connectivity index (χ2v) is 5.95. The van der Waals surface area contributed by atoms with Gasteiger partial charge in [-0.15, -0.1) is 0 Å². The van der Waals surface area contributed by atoms with Gasteiger partial charge >= 0.3 is 5.00 Å². The van der Waals surface area contributed by atoms with Crippen LogP contribution in [-0.4, -0.2) is 49.2 Å². The number of rotatable bonds is 5. The molecule has 1 fully saturated rings. The molecule has 0 radical (unpaired) electrons. The Kier molecular flexibility index (Phi) is 4.33. The van der Waals surface area contributed by atoms with Gasteiger partial charge in [0.25, 0.3) is 0 Å². The van der Waals surface area contributed by atoms with E-state index < -0.39 is 0 Å². The molecule has 0 aliphatic carbocycles. The van der Waals surface area contributed by atoms with Gasteiger partial charge < -0.3 is 10.1 Å². The number of hydrogen-bond acceptors (Lipinski definition) is 6. The summed E-state index contributed by atoms with van der Waals surface area (Å²) < 4.78 is 6.25. The highest BCUT2D eigenvalue weighted by atomic mass is 32.1. The summed E-state index contributed by atoms with van der Waals surface area (Å²) >= 11 is 1.22. The van der Waals surface area contributed by atoms with Crippen LogP contribution in [0, 0.1) is 10.1 Å². The van der Waals surface area contributed by atoms with E-state index in [0.29, 0.717) is 12.2 Å². The Balaban J connectivity index is 1.72. The van der Waals surface area contributed by atoms with Gasteiger partial charge in [0.05, 0.1) is 18.1 Å². The van der Waals surface area contributed by atoms with Crippen molar-refractivity contribution >= 4 is 32.1 Å². The number of morpholine rings is 1. The maximum absolute atomic E-state index is 11.2. The Labute approximate surface area is 126 Å². The van der Waals surface area contributed by atoms with Crippen LogP contribution in [0.5, 0.6) is 0 Å². The predicted molar refractivity (Wildman–Crippen MR) is 84.2 cm³/mol. The van der Waals surface area contributed by atoms with Gasteiger partial charge in [-0.1, -0.05) is 29.5 Å². The van der Waals surface area contributed by atoms with Crippen LogP contribution in [0.25, 0.3) is 10.1 Å². The molecule has 1 saturated heterocycles. The van der Waals surface area contributed by atoms with Gasteiger partial charge in [0.15, 0.2) is 0 Å². The molecule has 0 bridgehead atoms. The highest BCUT2D eigenvalue weighted by Crippen LogP contribution is 2.41. The average Bonchev–Trinajstić information content (AvgIpc) is 2.88. The van der Waals surface area contributed by atoms with E-state index in [4.69, 9.17) is 4.74 Å². The topological polar surface area (TPSA) is 67.6 Å². The lowest BCUT2D eigenvalue weighted by atomic mass is 10.2. The van der Waals surface area contributed by atoms with Crippen LogP contribution in [0.1, 0.15) is 0 Å². The van der Waals surface area contributed by atoms with Crippen LogP contribution in [0.15, 0.2) is 24.3 Å². The minimum Gasteiger partial charge on any atom is -0.379 e. The molecule has 0 saturated carbocycles. The summed E-state index contributed by atoms with van der Waals surface area (Å²) in [6, 6.07) is 7.65. The molecule has 0 spiro atoms. The van der Waals surface area contributed by atoms with Gasteiger partial charge in [-0.3, -0.25) is 15.0 Å². The molecule has 1 aliphatic rings. The third-order valence-electron chi connectivity index (χ3n) is 3.58. The summed E-state index contributed by atoms with van der Waals surface area (Å²) in [5.41, 5.74) is 0.647.